The first-order valence-corrected chi connectivity index (χ1v) is 8.78. The molecule has 0 bridgehead atoms. The lowest BCUT2D eigenvalue weighted by molar-refractivity contribution is 0.0954. The van der Waals surface area contributed by atoms with E-state index >= 15 is 0 Å². The summed E-state index contributed by atoms with van der Waals surface area (Å²) >= 11 is 0. The van der Waals surface area contributed by atoms with Gasteiger partial charge >= 0.3 is 0 Å². The molecule has 0 aliphatic heterocycles. The van der Waals surface area contributed by atoms with Gasteiger partial charge in [0, 0.05) is 25.5 Å². The molecule has 0 atom stereocenters. The molecule has 23 heavy (non-hydrogen) atoms. The van der Waals surface area contributed by atoms with Gasteiger partial charge < -0.3 is 5.32 Å². The summed E-state index contributed by atoms with van der Waals surface area (Å²) in [6.07, 6.45) is 3.89. The minimum absolute atomic E-state index is 0.115. The number of hydrogen-bond acceptors (Lipinski definition) is 4. The molecular weight excluding hydrogens is 314 g/mol. The van der Waals surface area contributed by atoms with Crippen LogP contribution in [0.15, 0.2) is 53.7 Å². The maximum Gasteiger partial charge on any atom is 0.252 e. The van der Waals surface area contributed by atoms with Gasteiger partial charge in [-0.3, -0.25) is 9.78 Å². The number of aromatic nitrogens is 1. The van der Waals surface area contributed by atoms with Crippen molar-refractivity contribution in [3.63, 3.8) is 0 Å². The number of nitrogens with zero attached hydrogens (tertiary/aromatic N) is 1. The highest BCUT2D eigenvalue weighted by atomic mass is 32.2. The van der Waals surface area contributed by atoms with Crippen LogP contribution in [0.2, 0.25) is 0 Å². The number of nitrogens with one attached hydrogen (secondary N) is 2. The summed E-state index contributed by atoms with van der Waals surface area (Å²) in [6.45, 7) is 2.32. The molecule has 0 spiro atoms. The number of amides is 1. The van der Waals surface area contributed by atoms with E-state index in [0.29, 0.717) is 5.56 Å². The highest BCUT2D eigenvalue weighted by Crippen LogP contribution is 2.10. The molecule has 0 radical (unpaired) electrons. The van der Waals surface area contributed by atoms with Crippen molar-refractivity contribution in [3.05, 3.63) is 59.9 Å². The third-order valence-corrected chi connectivity index (χ3v) is 4.75. The molecule has 0 unspecified atom stereocenters. The highest BCUT2D eigenvalue weighted by molar-refractivity contribution is 7.89. The Kier molecular flexibility index (Phi) is 5.84. The van der Waals surface area contributed by atoms with E-state index in [2.05, 4.69) is 15.0 Å². The second-order valence-electron chi connectivity index (χ2n) is 4.89. The molecule has 2 aromatic rings. The van der Waals surface area contributed by atoms with Gasteiger partial charge in [-0.1, -0.05) is 19.1 Å². The molecule has 1 aromatic heterocycles. The molecule has 6 nitrogen and oxygen atoms in total. The van der Waals surface area contributed by atoms with Gasteiger partial charge in [0.2, 0.25) is 10.0 Å². The molecule has 1 heterocycles. The van der Waals surface area contributed by atoms with Crippen molar-refractivity contribution < 1.29 is 13.2 Å². The predicted molar refractivity (Wildman–Crippen MR) is 87.6 cm³/mol. The van der Waals surface area contributed by atoms with Crippen molar-refractivity contribution in [2.45, 2.75) is 18.2 Å². The lowest BCUT2D eigenvalue weighted by Gasteiger charge is -2.08. The number of hydrogen-bond donors (Lipinski definition) is 2. The third kappa shape index (κ3) is 4.87. The maximum atomic E-state index is 12.1. The minimum Gasteiger partial charge on any atom is -0.351 e. The molecule has 1 amide bonds. The van der Waals surface area contributed by atoms with Gasteiger partial charge in [0.15, 0.2) is 0 Å². The van der Waals surface area contributed by atoms with Gasteiger partial charge in [-0.25, -0.2) is 13.1 Å². The van der Waals surface area contributed by atoms with Crippen LogP contribution in [-0.4, -0.2) is 32.4 Å². The fraction of sp³-hybridized carbons (Fsp3) is 0.250. The summed E-state index contributed by atoms with van der Waals surface area (Å²) in [5, 5.41) is 2.64. The average Bonchev–Trinajstić information content (AvgIpc) is 2.59. The number of sulfonamides is 1. The van der Waals surface area contributed by atoms with Crippen LogP contribution in [0.1, 0.15) is 22.8 Å². The first kappa shape index (κ1) is 17.1. The second kappa shape index (κ2) is 7.85. The summed E-state index contributed by atoms with van der Waals surface area (Å²) in [5.41, 5.74) is 1.51. The number of aryl methyl sites for hydroxylation is 1. The molecule has 122 valence electrons. The van der Waals surface area contributed by atoms with Crippen LogP contribution in [-0.2, 0) is 16.4 Å². The van der Waals surface area contributed by atoms with Crippen molar-refractivity contribution in [2.75, 3.05) is 13.1 Å². The number of rotatable bonds is 7. The third-order valence-electron chi connectivity index (χ3n) is 3.27. The molecule has 0 aliphatic rings. The standard InChI is InChI=1S/C16H19N3O3S/c1-2-13-5-7-15(8-6-13)23(21,22)19-11-10-18-16(20)14-4-3-9-17-12-14/h3-9,12,19H,2,10-11H2,1H3,(H,18,20). The Labute approximate surface area is 136 Å². The second-order valence-corrected chi connectivity index (χ2v) is 6.66. The van der Waals surface area contributed by atoms with E-state index in [0.717, 1.165) is 12.0 Å². The zero-order chi connectivity index (χ0) is 16.7. The number of pyridine rings is 1. The summed E-state index contributed by atoms with van der Waals surface area (Å²) in [5.74, 6) is -0.287. The van der Waals surface area contributed by atoms with Crippen molar-refractivity contribution in [2.24, 2.45) is 0 Å². The number of carbonyl (C=O) groups excluding carboxylic acids is 1. The molecule has 0 saturated carbocycles. The van der Waals surface area contributed by atoms with E-state index in [-0.39, 0.29) is 23.9 Å². The fourth-order valence-electron chi connectivity index (χ4n) is 1.95. The fourth-order valence-corrected chi connectivity index (χ4v) is 2.98. The van der Waals surface area contributed by atoms with E-state index in [1.54, 1.807) is 42.6 Å². The van der Waals surface area contributed by atoms with Crippen LogP contribution in [0, 0.1) is 0 Å². The quantitative estimate of drug-likeness (QED) is 0.749. The summed E-state index contributed by atoms with van der Waals surface area (Å²) in [6, 6.07) is 10.0. The van der Waals surface area contributed by atoms with Gasteiger partial charge in [-0.15, -0.1) is 0 Å². The van der Waals surface area contributed by atoms with E-state index in [1.165, 1.54) is 6.20 Å². The van der Waals surface area contributed by atoms with Crippen LogP contribution >= 0.6 is 0 Å². The van der Waals surface area contributed by atoms with Crippen molar-refractivity contribution in [1.29, 1.82) is 0 Å². The highest BCUT2D eigenvalue weighted by Gasteiger charge is 2.13. The summed E-state index contributed by atoms with van der Waals surface area (Å²) < 4.78 is 26.7. The zero-order valence-electron chi connectivity index (χ0n) is 12.8. The van der Waals surface area contributed by atoms with Crippen molar-refractivity contribution in [3.8, 4) is 0 Å². The maximum absolute atomic E-state index is 12.1. The van der Waals surface area contributed by atoms with Crippen LogP contribution < -0.4 is 10.0 Å². The number of benzene rings is 1. The predicted octanol–water partition coefficient (Wildman–Crippen LogP) is 1.35. The molecular formula is C16H19N3O3S. The lowest BCUT2D eigenvalue weighted by Crippen LogP contribution is -2.34. The Balaban J connectivity index is 1.84. The van der Waals surface area contributed by atoms with Gasteiger partial charge in [-0.05, 0) is 36.2 Å². The first-order valence-electron chi connectivity index (χ1n) is 7.30. The largest absolute Gasteiger partial charge is 0.351 e. The smallest absolute Gasteiger partial charge is 0.252 e. The van der Waals surface area contributed by atoms with Gasteiger partial charge in [-0.2, -0.15) is 0 Å². The van der Waals surface area contributed by atoms with E-state index in [4.69, 9.17) is 0 Å². The Morgan fingerprint density at radius 3 is 2.48 bits per heavy atom. The van der Waals surface area contributed by atoms with Crippen LogP contribution in [0.3, 0.4) is 0 Å². The summed E-state index contributed by atoms with van der Waals surface area (Å²) in [7, 11) is -3.56. The van der Waals surface area contributed by atoms with E-state index in [1.807, 2.05) is 6.92 Å². The molecule has 7 heteroatoms. The molecule has 1 aromatic carbocycles. The average molecular weight is 333 g/mol. The van der Waals surface area contributed by atoms with E-state index in [9.17, 15) is 13.2 Å². The molecule has 0 saturated heterocycles. The molecule has 2 rings (SSSR count). The van der Waals surface area contributed by atoms with Crippen LogP contribution in [0.4, 0.5) is 0 Å². The van der Waals surface area contributed by atoms with Gasteiger partial charge in [0.1, 0.15) is 0 Å². The molecule has 0 fully saturated rings. The topological polar surface area (TPSA) is 88.2 Å². The van der Waals surface area contributed by atoms with Crippen LogP contribution in [0.25, 0.3) is 0 Å². The normalized spacial score (nSPS) is 11.2. The molecule has 0 aliphatic carbocycles. The van der Waals surface area contributed by atoms with Gasteiger partial charge in [0.05, 0.1) is 10.5 Å². The van der Waals surface area contributed by atoms with Crippen molar-refractivity contribution >= 4 is 15.9 Å². The van der Waals surface area contributed by atoms with Crippen LogP contribution in [0.5, 0.6) is 0 Å². The Morgan fingerprint density at radius 2 is 1.87 bits per heavy atom. The number of carbonyl (C=O) groups is 1. The van der Waals surface area contributed by atoms with E-state index < -0.39 is 10.0 Å². The first-order chi connectivity index (χ1) is 11.0. The Bertz CT molecular complexity index is 744. The Hall–Kier alpha value is -2.25. The monoisotopic (exact) mass is 333 g/mol. The lowest BCUT2D eigenvalue weighted by atomic mass is 10.2. The zero-order valence-corrected chi connectivity index (χ0v) is 13.6. The van der Waals surface area contributed by atoms with Crippen molar-refractivity contribution in [1.82, 2.24) is 15.0 Å². The Morgan fingerprint density at radius 1 is 1.13 bits per heavy atom. The minimum atomic E-state index is -3.56. The SMILES string of the molecule is CCc1ccc(S(=O)(=O)NCCNC(=O)c2cccnc2)cc1. The summed E-state index contributed by atoms with van der Waals surface area (Å²) in [4.78, 5) is 15.9. The molecule has 2 N–H and O–H groups in total. The van der Waals surface area contributed by atoms with Gasteiger partial charge in [0.25, 0.3) is 5.91 Å².